The lowest BCUT2D eigenvalue weighted by Gasteiger charge is -2.38. The third-order valence-corrected chi connectivity index (χ3v) is 3.32. The number of nitrogens with two attached hydrogens (primary N) is 1. The van der Waals surface area contributed by atoms with E-state index < -0.39 is 0 Å². The highest BCUT2D eigenvalue weighted by molar-refractivity contribution is 5.76. The molecule has 0 spiro atoms. The van der Waals surface area contributed by atoms with E-state index in [4.69, 9.17) is 10.8 Å². The van der Waals surface area contributed by atoms with E-state index in [1.165, 1.54) is 6.42 Å². The molecule has 1 amide bonds. The van der Waals surface area contributed by atoms with E-state index in [0.29, 0.717) is 32.0 Å². The van der Waals surface area contributed by atoms with Gasteiger partial charge in [0.05, 0.1) is 0 Å². The zero-order chi connectivity index (χ0) is 12.0. The topological polar surface area (TPSA) is 66.6 Å². The molecule has 0 heterocycles. The van der Waals surface area contributed by atoms with Crippen molar-refractivity contribution in [2.75, 3.05) is 19.7 Å². The summed E-state index contributed by atoms with van der Waals surface area (Å²) in [4.78, 5) is 14.0. The van der Waals surface area contributed by atoms with Gasteiger partial charge >= 0.3 is 0 Å². The van der Waals surface area contributed by atoms with Crippen LogP contribution in [0.5, 0.6) is 0 Å². The highest BCUT2D eigenvalue weighted by atomic mass is 16.3. The Morgan fingerprint density at radius 2 is 2.25 bits per heavy atom. The number of nitrogens with zero attached hydrogens (tertiary/aromatic N) is 1. The molecule has 0 aliphatic heterocycles. The number of hydrogen-bond donors (Lipinski definition) is 2. The second-order valence-corrected chi connectivity index (χ2v) is 4.79. The van der Waals surface area contributed by atoms with Crippen LogP contribution in [0.15, 0.2) is 0 Å². The summed E-state index contributed by atoms with van der Waals surface area (Å²) in [6.45, 7) is 3.41. The molecule has 0 aromatic heterocycles. The lowest BCUT2D eigenvalue weighted by Crippen LogP contribution is -2.45. The van der Waals surface area contributed by atoms with Gasteiger partial charge in [-0.3, -0.25) is 4.79 Å². The lowest BCUT2D eigenvalue weighted by atomic mass is 9.90. The summed E-state index contributed by atoms with van der Waals surface area (Å²) in [5.74, 6) is 0.459. The minimum absolute atomic E-state index is 0.156. The van der Waals surface area contributed by atoms with Gasteiger partial charge in [-0.15, -0.1) is 0 Å². The highest BCUT2D eigenvalue weighted by Crippen LogP contribution is 2.26. The van der Waals surface area contributed by atoms with Gasteiger partial charge in [-0.05, 0) is 38.1 Å². The SMILES string of the molecule is CC(CN)CC(=O)N(CCCO)C1CCC1. The van der Waals surface area contributed by atoms with Gasteiger partial charge < -0.3 is 15.7 Å². The van der Waals surface area contributed by atoms with Crippen LogP contribution in [0.25, 0.3) is 0 Å². The first-order valence-corrected chi connectivity index (χ1v) is 6.29. The Bertz CT molecular complexity index is 217. The van der Waals surface area contributed by atoms with E-state index in [-0.39, 0.29) is 18.4 Å². The fourth-order valence-corrected chi connectivity index (χ4v) is 1.95. The van der Waals surface area contributed by atoms with Crippen LogP contribution in [0, 0.1) is 5.92 Å². The predicted molar refractivity (Wildman–Crippen MR) is 63.9 cm³/mol. The third-order valence-electron chi connectivity index (χ3n) is 3.32. The molecule has 0 saturated heterocycles. The Morgan fingerprint density at radius 1 is 1.56 bits per heavy atom. The van der Waals surface area contributed by atoms with Crippen molar-refractivity contribution in [3.8, 4) is 0 Å². The van der Waals surface area contributed by atoms with Gasteiger partial charge in [0.15, 0.2) is 0 Å². The molecule has 1 aliphatic rings. The van der Waals surface area contributed by atoms with Crippen molar-refractivity contribution < 1.29 is 9.90 Å². The van der Waals surface area contributed by atoms with Crippen LogP contribution in [-0.4, -0.2) is 41.7 Å². The summed E-state index contributed by atoms with van der Waals surface area (Å²) < 4.78 is 0. The average molecular weight is 228 g/mol. The van der Waals surface area contributed by atoms with Crippen molar-refractivity contribution in [2.24, 2.45) is 11.7 Å². The predicted octanol–water partition coefficient (Wildman–Crippen LogP) is 0.735. The van der Waals surface area contributed by atoms with Gasteiger partial charge in [-0.25, -0.2) is 0 Å². The number of aliphatic hydroxyl groups is 1. The normalized spacial score (nSPS) is 17.9. The van der Waals surface area contributed by atoms with Gasteiger partial charge in [0.1, 0.15) is 0 Å². The first-order valence-electron chi connectivity index (χ1n) is 6.29. The van der Waals surface area contributed by atoms with Crippen LogP contribution < -0.4 is 5.73 Å². The summed E-state index contributed by atoms with van der Waals surface area (Å²) in [5.41, 5.74) is 5.53. The van der Waals surface area contributed by atoms with E-state index in [9.17, 15) is 4.79 Å². The molecule has 0 bridgehead atoms. The summed E-state index contributed by atoms with van der Waals surface area (Å²) in [5, 5.41) is 8.84. The molecule has 16 heavy (non-hydrogen) atoms. The monoisotopic (exact) mass is 228 g/mol. The molecule has 1 fully saturated rings. The molecule has 94 valence electrons. The summed E-state index contributed by atoms with van der Waals surface area (Å²) in [6.07, 6.45) is 4.68. The smallest absolute Gasteiger partial charge is 0.223 e. The van der Waals surface area contributed by atoms with Gasteiger partial charge in [0.2, 0.25) is 5.91 Å². The van der Waals surface area contributed by atoms with E-state index in [0.717, 1.165) is 12.8 Å². The lowest BCUT2D eigenvalue weighted by molar-refractivity contribution is -0.136. The summed E-state index contributed by atoms with van der Waals surface area (Å²) >= 11 is 0. The molecule has 3 N–H and O–H groups in total. The number of carbonyl (C=O) groups excluding carboxylic acids is 1. The zero-order valence-electron chi connectivity index (χ0n) is 10.2. The number of amides is 1. The first-order chi connectivity index (χ1) is 7.69. The van der Waals surface area contributed by atoms with Crippen LogP contribution >= 0.6 is 0 Å². The minimum atomic E-state index is 0.156. The second kappa shape index (κ2) is 6.86. The van der Waals surface area contributed by atoms with Gasteiger partial charge in [-0.1, -0.05) is 6.92 Å². The van der Waals surface area contributed by atoms with Crippen molar-refractivity contribution in [3.05, 3.63) is 0 Å². The standard InChI is InChI=1S/C12H24N2O2/c1-10(9-13)8-12(16)14(6-3-7-15)11-4-2-5-11/h10-11,15H,2-9,13H2,1H3. The Balaban J connectivity index is 2.43. The second-order valence-electron chi connectivity index (χ2n) is 4.79. The molecule has 4 heteroatoms. The summed E-state index contributed by atoms with van der Waals surface area (Å²) in [6, 6.07) is 0.420. The van der Waals surface area contributed by atoms with Crippen LogP contribution in [0.3, 0.4) is 0 Å². The van der Waals surface area contributed by atoms with Crippen LogP contribution in [-0.2, 0) is 4.79 Å². The van der Waals surface area contributed by atoms with Crippen molar-refractivity contribution in [2.45, 2.75) is 45.1 Å². The third kappa shape index (κ3) is 3.76. The molecule has 1 unspecified atom stereocenters. The number of rotatable bonds is 7. The van der Waals surface area contributed by atoms with Crippen molar-refractivity contribution in [1.29, 1.82) is 0 Å². The maximum absolute atomic E-state index is 12.0. The molecule has 0 aromatic rings. The fourth-order valence-electron chi connectivity index (χ4n) is 1.95. The molecular formula is C12H24N2O2. The van der Waals surface area contributed by atoms with Crippen LogP contribution in [0.2, 0.25) is 0 Å². The minimum Gasteiger partial charge on any atom is -0.396 e. The van der Waals surface area contributed by atoms with Crippen LogP contribution in [0.1, 0.15) is 39.0 Å². The zero-order valence-corrected chi connectivity index (χ0v) is 10.2. The molecule has 4 nitrogen and oxygen atoms in total. The number of hydrogen-bond acceptors (Lipinski definition) is 3. The summed E-state index contributed by atoms with van der Waals surface area (Å²) in [7, 11) is 0. The Labute approximate surface area is 97.8 Å². The number of aliphatic hydroxyl groups excluding tert-OH is 1. The molecule has 1 rings (SSSR count). The molecule has 1 saturated carbocycles. The maximum Gasteiger partial charge on any atom is 0.223 e. The van der Waals surface area contributed by atoms with E-state index >= 15 is 0 Å². The van der Waals surface area contributed by atoms with Gasteiger partial charge in [0.25, 0.3) is 0 Å². The molecular weight excluding hydrogens is 204 g/mol. The van der Waals surface area contributed by atoms with Crippen molar-refractivity contribution in [3.63, 3.8) is 0 Å². The Kier molecular flexibility index (Phi) is 5.77. The average Bonchev–Trinajstić information content (AvgIpc) is 2.20. The highest BCUT2D eigenvalue weighted by Gasteiger charge is 2.28. The van der Waals surface area contributed by atoms with E-state index in [1.807, 2.05) is 11.8 Å². The van der Waals surface area contributed by atoms with Gasteiger partial charge in [-0.2, -0.15) is 0 Å². The van der Waals surface area contributed by atoms with E-state index in [1.54, 1.807) is 0 Å². The van der Waals surface area contributed by atoms with E-state index in [2.05, 4.69) is 0 Å². The quantitative estimate of drug-likeness (QED) is 0.675. The Morgan fingerprint density at radius 3 is 2.69 bits per heavy atom. The molecule has 0 radical (unpaired) electrons. The maximum atomic E-state index is 12.0. The van der Waals surface area contributed by atoms with Crippen molar-refractivity contribution in [1.82, 2.24) is 4.90 Å². The largest absolute Gasteiger partial charge is 0.396 e. The fraction of sp³-hybridized carbons (Fsp3) is 0.917. The van der Waals surface area contributed by atoms with Gasteiger partial charge in [0, 0.05) is 25.6 Å². The van der Waals surface area contributed by atoms with Crippen molar-refractivity contribution >= 4 is 5.91 Å². The van der Waals surface area contributed by atoms with Crippen LogP contribution in [0.4, 0.5) is 0 Å². The molecule has 0 aromatic carbocycles. The Hall–Kier alpha value is -0.610. The first kappa shape index (κ1) is 13.5. The number of carbonyl (C=O) groups is 1. The molecule has 1 atom stereocenters. The molecule has 1 aliphatic carbocycles.